The first-order chi connectivity index (χ1) is 15.9. The summed E-state index contributed by atoms with van der Waals surface area (Å²) in [6.07, 6.45) is -3.83. The van der Waals surface area contributed by atoms with E-state index in [0.29, 0.717) is 6.07 Å². The molecule has 2 aromatic rings. The molecule has 182 valence electrons. The molecule has 0 saturated carbocycles. The summed E-state index contributed by atoms with van der Waals surface area (Å²) < 4.78 is 81.3. The van der Waals surface area contributed by atoms with Crippen molar-refractivity contribution in [3.05, 3.63) is 53.4 Å². The number of anilines is 1. The Kier molecular flexibility index (Phi) is 5.84. The van der Waals surface area contributed by atoms with Gasteiger partial charge in [0.15, 0.2) is 18.1 Å². The molecular formula is C21H19F5N4O4. The summed E-state index contributed by atoms with van der Waals surface area (Å²) in [7, 11) is 0. The molecular weight excluding hydrogens is 467 g/mol. The number of carbonyl (C=O) groups excluding carboxylic acids is 1. The molecule has 3 N–H and O–H groups in total. The molecule has 2 aliphatic heterocycles. The lowest BCUT2D eigenvalue weighted by Gasteiger charge is -2.42. The van der Waals surface area contributed by atoms with Crippen LogP contribution in [0.5, 0.6) is 5.75 Å². The number of hydrogen-bond donors (Lipinski definition) is 2. The van der Waals surface area contributed by atoms with Gasteiger partial charge < -0.3 is 25.3 Å². The minimum atomic E-state index is -4.62. The maximum Gasteiger partial charge on any atom is 0.422 e. The van der Waals surface area contributed by atoms with Crippen molar-refractivity contribution in [3.63, 3.8) is 0 Å². The van der Waals surface area contributed by atoms with E-state index in [-0.39, 0.29) is 37.1 Å². The fourth-order valence-electron chi connectivity index (χ4n) is 3.90. The lowest BCUT2D eigenvalue weighted by Crippen LogP contribution is -2.50. The monoisotopic (exact) mass is 486 g/mol. The number of rotatable bonds is 5. The molecule has 3 heterocycles. The van der Waals surface area contributed by atoms with Crippen molar-refractivity contribution in [2.24, 2.45) is 16.1 Å². The lowest BCUT2D eigenvalue weighted by atomic mass is 9.69. The number of nitrogens with two attached hydrogens (primary N) is 1. The topological polar surface area (TPSA) is 108 Å². The number of aliphatic imine (C=N–C) groups is 1. The Labute approximate surface area is 189 Å². The van der Waals surface area contributed by atoms with Crippen LogP contribution >= 0.6 is 0 Å². The molecule has 1 aromatic carbocycles. The number of ether oxygens (including phenoxy) is 3. The minimum absolute atomic E-state index is 0.0252. The van der Waals surface area contributed by atoms with Gasteiger partial charge in [0.1, 0.15) is 23.7 Å². The molecule has 1 fully saturated rings. The van der Waals surface area contributed by atoms with Crippen molar-refractivity contribution >= 4 is 17.6 Å². The van der Waals surface area contributed by atoms with E-state index in [0.717, 1.165) is 12.3 Å². The van der Waals surface area contributed by atoms with E-state index in [1.54, 1.807) is 0 Å². The molecule has 1 saturated heterocycles. The number of amidine groups is 1. The number of carbonyl (C=O) groups is 1. The second-order valence-corrected chi connectivity index (χ2v) is 8.21. The Morgan fingerprint density at radius 1 is 1.21 bits per heavy atom. The smallest absolute Gasteiger partial charge is 0.422 e. The fourth-order valence-corrected chi connectivity index (χ4v) is 3.90. The van der Waals surface area contributed by atoms with Crippen LogP contribution in [0.1, 0.15) is 23.0 Å². The SMILES string of the molecule is C[C@@]12COC[C@]1(c1cc(NC(=O)c3ncc(OCC(F)(F)F)cc3F)ccc1F)N=C(N)OC2. The van der Waals surface area contributed by atoms with Crippen LogP contribution in [0.15, 0.2) is 35.5 Å². The third-order valence-corrected chi connectivity index (χ3v) is 5.67. The van der Waals surface area contributed by atoms with Crippen LogP contribution in [0.3, 0.4) is 0 Å². The number of amides is 1. The number of halogens is 5. The van der Waals surface area contributed by atoms with Crippen LogP contribution in [0.4, 0.5) is 27.6 Å². The third kappa shape index (κ3) is 4.34. The summed E-state index contributed by atoms with van der Waals surface area (Å²) in [6.45, 7) is 0.564. The largest absolute Gasteiger partial charge is 0.482 e. The van der Waals surface area contributed by atoms with Crippen LogP contribution in [0, 0.1) is 17.0 Å². The molecule has 34 heavy (non-hydrogen) atoms. The second kappa shape index (κ2) is 8.38. The molecule has 13 heteroatoms. The average Bonchev–Trinajstić information content (AvgIpc) is 3.10. The van der Waals surface area contributed by atoms with Crippen LogP contribution < -0.4 is 15.8 Å². The van der Waals surface area contributed by atoms with Crippen LogP contribution in [-0.2, 0) is 15.0 Å². The maximum absolute atomic E-state index is 14.9. The average molecular weight is 486 g/mol. The molecule has 8 nitrogen and oxygen atoms in total. The standard InChI is InChI=1S/C21H19F5N4O4/c1-19-7-32-9-20(19,30-18(27)34-8-19)13-4-11(2-3-14(13)22)29-17(31)16-15(23)5-12(6-28-16)33-10-21(24,25)26/h2-6H,7-10H2,1H3,(H2,27,30)(H,29,31)/t19-,20+/m0/s1. The van der Waals surface area contributed by atoms with E-state index in [1.165, 1.54) is 12.1 Å². The predicted molar refractivity (Wildman–Crippen MR) is 108 cm³/mol. The molecule has 0 spiro atoms. The van der Waals surface area contributed by atoms with Gasteiger partial charge in [0.2, 0.25) is 0 Å². The van der Waals surface area contributed by atoms with Crippen molar-refractivity contribution in [1.29, 1.82) is 0 Å². The highest BCUT2D eigenvalue weighted by Gasteiger charge is 2.58. The van der Waals surface area contributed by atoms with Gasteiger partial charge in [-0.3, -0.25) is 4.79 Å². The van der Waals surface area contributed by atoms with E-state index >= 15 is 0 Å². The first-order valence-electron chi connectivity index (χ1n) is 9.95. The quantitative estimate of drug-likeness (QED) is 0.629. The van der Waals surface area contributed by atoms with Crippen molar-refractivity contribution in [1.82, 2.24) is 4.98 Å². The fraction of sp³-hybridized carbons (Fsp3) is 0.381. The summed E-state index contributed by atoms with van der Waals surface area (Å²) in [4.78, 5) is 20.4. The number of nitrogens with zero attached hydrogens (tertiary/aromatic N) is 2. The van der Waals surface area contributed by atoms with Gasteiger partial charge in [0.05, 0.1) is 24.8 Å². The number of pyridine rings is 1. The zero-order valence-electron chi connectivity index (χ0n) is 17.7. The van der Waals surface area contributed by atoms with Gasteiger partial charge in [-0.25, -0.2) is 18.8 Å². The number of nitrogens with one attached hydrogen (secondary N) is 1. The molecule has 1 amide bonds. The van der Waals surface area contributed by atoms with E-state index in [9.17, 15) is 26.7 Å². The summed E-state index contributed by atoms with van der Waals surface area (Å²) >= 11 is 0. The summed E-state index contributed by atoms with van der Waals surface area (Å²) in [6, 6.07) is 4.18. The van der Waals surface area contributed by atoms with Crippen molar-refractivity contribution < 1.29 is 41.0 Å². The lowest BCUT2D eigenvalue weighted by molar-refractivity contribution is -0.153. The number of benzene rings is 1. The van der Waals surface area contributed by atoms with Crippen molar-refractivity contribution in [3.8, 4) is 5.75 Å². The molecule has 0 radical (unpaired) electrons. The first kappa shape index (κ1) is 23.7. The van der Waals surface area contributed by atoms with Crippen LogP contribution in [0.25, 0.3) is 0 Å². The minimum Gasteiger partial charge on any atom is -0.482 e. The van der Waals surface area contributed by atoms with Gasteiger partial charge >= 0.3 is 6.18 Å². The molecule has 2 atom stereocenters. The summed E-state index contributed by atoms with van der Waals surface area (Å²) in [5, 5.41) is 2.40. The third-order valence-electron chi connectivity index (χ3n) is 5.67. The zero-order valence-corrected chi connectivity index (χ0v) is 17.7. The van der Waals surface area contributed by atoms with Gasteiger partial charge in [0.25, 0.3) is 11.9 Å². The predicted octanol–water partition coefficient (Wildman–Crippen LogP) is 3.13. The highest BCUT2D eigenvalue weighted by molar-refractivity contribution is 6.03. The number of alkyl halides is 3. The summed E-state index contributed by atoms with van der Waals surface area (Å²) in [5.74, 6) is -3.32. The van der Waals surface area contributed by atoms with E-state index in [1.807, 2.05) is 6.92 Å². The molecule has 0 bridgehead atoms. The van der Waals surface area contributed by atoms with Crippen LogP contribution in [-0.4, -0.2) is 49.5 Å². The highest BCUT2D eigenvalue weighted by Crippen LogP contribution is 2.51. The highest BCUT2D eigenvalue weighted by atomic mass is 19.4. The maximum atomic E-state index is 14.9. The van der Waals surface area contributed by atoms with Gasteiger partial charge in [-0.1, -0.05) is 6.92 Å². The summed E-state index contributed by atoms with van der Waals surface area (Å²) in [5.41, 5.74) is 3.31. The van der Waals surface area contributed by atoms with Gasteiger partial charge in [-0.05, 0) is 18.2 Å². The Morgan fingerprint density at radius 2 is 1.97 bits per heavy atom. The van der Waals surface area contributed by atoms with E-state index in [2.05, 4.69) is 20.0 Å². The second-order valence-electron chi connectivity index (χ2n) is 8.21. The normalized spacial score (nSPS) is 24.1. The molecule has 1 aromatic heterocycles. The molecule has 2 aliphatic rings. The number of hydrogen-bond acceptors (Lipinski definition) is 7. The first-order valence-corrected chi connectivity index (χ1v) is 9.95. The van der Waals surface area contributed by atoms with Gasteiger partial charge in [0, 0.05) is 17.3 Å². The number of aromatic nitrogens is 1. The Morgan fingerprint density at radius 3 is 2.68 bits per heavy atom. The molecule has 4 rings (SSSR count). The van der Waals surface area contributed by atoms with Gasteiger partial charge in [-0.15, -0.1) is 0 Å². The Bertz CT molecular complexity index is 1160. The van der Waals surface area contributed by atoms with Crippen molar-refractivity contribution in [2.45, 2.75) is 18.6 Å². The Hall–Kier alpha value is -3.48. The van der Waals surface area contributed by atoms with Crippen LogP contribution in [0.2, 0.25) is 0 Å². The van der Waals surface area contributed by atoms with Gasteiger partial charge in [-0.2, -0.15) is 13.2 Å². The zero-order chi connectivity index (χ0) is 24.7. The van der Waals surface area contributed by atoms with E-state index in [4.69, 9.17) is 15.2 Å². The van der Waals surface area contributed by atoms with Crippen molar-refractivity contribution in [2.75, 3.05) is 31.7 Å². The molecule has 0 aliphatic carbocycles. The van der Waals surface area contributed by atoms with E-state index < -0.39 is 52.7 Å². The molecule has 0 unspecified atom stereocenters. The Balaban J connectivity index is 1.59. The number of fused-ring (bicyclic) bond motifs is 1.